The number of H-pyrrole nitrogens is 1. The number of ether oxygens (including phenoxy) is 3. The minimum Gasteiger partial charge on any atom is -0.493 e. The van der Waals surface area contributed by atoms with Gasteiger partial charge in [0.2, 0.25) is 17.6 Å². The maximum atomic E-state index is 12.8. The third-order valence-electron chi connectivity index (χ3n) is 4.91. The van der Waals surface area contributed by atoms with Crippen LogP contribution in [0.25, 0.3) is 22.6 Å². The molecule has 0 aliphatic heterocycles. The van der Waals surface area contributed by atoms with Crippen LogP contribution >= 0.6 is 11.3 Å². The molecule has 10 nitrogen and oxygen atoms in total. The Balaban J connectivity index is 1.65. The van der Waals surface area contributed by atoms with E-state index in [0.29, 0.717) is 40.0 Å². The van der Waals surface area contributed by atoms with Crippen LogP contribution in [0.15, 0.2) is 52.6 Å². The molecule has 2 N–H and O–H groups in total. The predicted molar refractivity (Wildman–Crippen MR) is 134 cm³/mol. The molecule has 0 saturated carbocycles. The molecule has 0 radical (unpaired) electrons. The number of methoxy groups -OCH3 is 3. The molecule has 11 heteroatoms. The van der Waals surface area contributed by atoms with Crippen molar-refractivity contribution in [2.75, 3.05) is 26.6 Å². The van der Waals surface area contributed by atoms with Gasteiger partial charge in [-0.1, -0.05) is 6.07 Å². The Hall–Kier alpha value is -4.38. The first-order chi connectivity index (χ1) is 16.9. The highest BCUT2D eigenvalue weighted by Gasteiger charge is 2.16. The van der Waals surface area contributed by atoms with Crippen molar-refractivity contribution in [3.05, 3.63) is 69.5 Å². The van der Waals surface area contributed by atoms with Crippen molar-refractivity contribution in [3.8, 4) is 33.8 Å². The smallest absolute Gasteiger partial charge is 0.252 e. The van der Waals surface area contributed by atoms with Crippen LogP contribution in [0.4, 0.5) is 5.82 Å². The average molecular weight is 494 g/mol. The summed E-state index contributed by atoms with van der Waals surface area (Å²) in [6.07, 6.45) is 2.99. The first-order valence-electron chi connectivity index (χ1n) is 10.4. The van der Waals surface area contributed by atoms with Gasteiger partial charge in [-0.25, -0.2) is 4.98 Å². The number of benzene rings is 1. The van der Waals surface area contributed by atoms with Crippen LogP contribution in [0.1, 0.15) is 11.3 Å². The van der Waals surface area contributed by atoms with E-state index in [1.165, 1.54) is 49.5 Å². The van der Waals surface area contributed by atoms with Crippen LogP contribution in [0, 0.1) is 6.92 Å². The zero-order valence-corrected chi connectivity index (χ0v) is 20.3. The Morgan fingerprint density at radius 3 is 2.46 bits per heavy atom. The molecule has 0 bridgehead atoms. The van der Waals surface area contributed by atoms with Gasteiger partial charge in [0.15, 0.2) is 11.5 Å². The van der Waals surface area contributed by atoms with Crippen LogP contribution in [-0.4, -0.2) is 47.0 Å². The quantitative estimate of drug-likeness (QED) is 0.359. The molecule has 3 aromatic heterocycles. The van der Waals surface area contributed by atoms with E-state index in [1.54, 1.807) is 31.2 Å². The van der Waals surface area contributed by atoms with E-state index in [9.17, 15) is 9.59 Å². The monoisotopic (exact) mass is 493 g/mol. The predicted octanol–water partition coefficient (Wildman–Crippen LogP) is 3.67. The minimum atomic E-state index is -0.410. The Morgan fingerprint density at radius 1 is 1.11 bits per heavy atom. The van der Waals surface area contributed by atoms with Crippen LogP contribution in [0.2, 0.25) is 0 Å². The maximum absolute atomic E-state index is 12.8. The summed E-state index contributed by atoms with van der Waals surface area (Å²) in [5.41, 5.74) is 1.51. The van der Waals surface area contributed by atoms with E-state index in [1.807, 2.05) is 17.5 Å². The van der Waals surface area contributed by atoms with Gasteiger partial charge in [0, 0.05) is 23.9 Å². The molecule has 0 saturated heterocycles. The van der Waals surface area contributed by atoms with Crippen molar-refractivity contribution in [1.82, 2.24) is 19.7 Å². The molecule has 0 fully saturated rings. The van der Waals surface area contributed by atoms with Crippen molar-refractivity contribution in [2.24, 2.45) is 0 Å². The normalized spacial score (nSPS) is 11.0. The topological polar surface area (TPSA) is 120 Å². The van der Waals surface area contributed by atoms with E-state index in [-0.39, 0.29) is 11.5 Å². The Labute approximate surface area is 204 Å². The standard InChI is InChI=1S/C24H23N5O5S/c1-14-10-22(31)27-24(25-14)29-20(13-16(28-29)19-6-5-9-35-19)26-21(30)8-7-15-11-17(32-2)23(34-4)18(12-15)33-3/h5-13H,1-4H3,(H,26,30)(H,25,27,31). The first kappa shape index (κ1) is 23.8. The van der Waals surface area contributed by atoms with E-state index < -0.39 is 5.91 Å². The lowest BCUT2D eigenvalue weighted by Crippen LogP contribution is -2.17. The molecule has 0 atom stereocenters. The molecule has 0 unspecified atom stereocenters. The maximum Gasteiger partial charge on any atom is 0.252 e. The molecule has 180 valence electrons. The summed E-state index contributed by atoms with van der Waals surface area (Å²) >= 11 is 1.51. The number of hydrogen-bond acceptors (Lipinski definition) is 8. The average Bonchev–Trinajstić information content (AvgIpc) is 3.51. The van der Waals surface area contributed by atoms with Crippen LogP contribution in [-0.2, 0) is 4.79 Å². The highest BCUT2D eigenvalue weighted by atomic mass is 32.1. The fourth-order valence-electron chi connectivity index (χ4n) is 3.38. The van der Waals surface area contributed by atoms with Crippen molar-refractivity contribution < 1.29 is 19.0 Å². The summed E-state index contributed by atoms with van der Waals surface area (Å²) in [6, 6.07) is 10.4. The molecule has 0 aliphatic carbocycles. The number of thiophene rings is 1. The fourth-order valence-corrected chi connectivity index (χ4v) is 4.06. The van der Waals surface area contributed by atoms with E-state index >= 15 is 0 Å². The molecule has 4 aromatic rings. The molecular weight excluding hydrogens is 470 g/mol. The number of hydrogen-bond donors (Lipinski definition) is 2. The molecule has 3 heterocycles. The van der Waals surface area contributed by atoms with Crippen molar-refractivity contribution in [1.29, 1.82) is 0 Å². The lowest BCUT2D eigenvalue weighted by Gasteiger charge is -2.12. The van der Waals surface area contributed by atoms with Crippen LogP contribution < -0.4 is 25.1 Å². The van der Waals surface area contributed by atoms with E-state index in [2.05, 4.69) is 20.4 Å². The fraction of sp³-hybridized carbons (Fsp3) is 0.167. The molecular formula is C24H23N5O5S. The molecule has 0 spiro atoms. The number of aromatic nitrogens is 4. The largest absolute Gasteiger partial charge is 0.493 e. The van der Waals surface area contributed by atoms with E-state index in [4.69, 9.17) is 14.2 Å². The van der Waals surface area contributed by atoms with Crippen molar-refractivity contribution >= 4 is 29.1 Å². The Kier molecular flexibility index (Phi) is 6.97. The van der Waals surface area contributed by atoms with Crippen LogP contribution in [0.5, 0.6) is 17.2 Å². The SMILES string of the molecule is COc1cc(C=CC(=O)Nc2cc(-c3cccs3)nn2-c2nc(C)cc(=O)[nH]2)cc(OC)c1OC. The second-order valence-corrected chi connectivity index (χ2v) is 8.24. The van der Waals surface area contributed by atoms with Gasteiger partial charge in [-0.2, -0.15) is 9.78 Å². The van der Waals surface area contributed by atoms with Gasteiger partial charge in [-0.05, 0) is 42.1 Å². The van der Waals surface area contributed by atoms with Crippen molar-refractivity contribution in [2.45, 2.75) is 6.92 Å². The summed E-state index contributed by atoms with van der Waals surface area (Å²) in [6.45, 7) is 1.71. The summed E-state index contributed by atoms with van der Waals surface area (Å²) in [5, 5.41) is 9.29. The summed E-state index contributed by atoms with van der Waals surface area (Å²) < 4.78 is 17.4. The summed E-state index contributed by atoms with van der Waals surface area (Å²) in [4.78, 5) is 32.7. The third kappa shape index (κ3) is 5.25. The van der Waals surface area contributed by atoms with Crippen molar-refractivity contribution in [3.63, 3.8) is 0 Å². The first-order valence-corrected chi connectivity index (χ1v) is 11.3. The van der Waals surface area contributed by atoms with E-state index in [0.717, 1.165) is 4.88 Å². The summed E-state index contributed by atoms with van der Waals surface area (Å²) in [7, 11) is 4.56. The second kappa shape index (κ2) is 10.3. The highest BCUT2D eigenvalue weighted by molar-refractivity contribution is 7.13. The Bertz CT molecular complexity index is 1410. The van der Waals surface area contributed by atoms with Gasteiger partial charge in [-0.3, -0.25) is 14.6 Å². The van der Waals surface area contributed by atoms with Gasteiger partial charge in [0.1, 0.15) is 11.5 Å². The van der Waals surface area contributed by atoms with Gasteiger partial charge in [0.05, 0.1) is 26.2 Å². The molecule has 0 aliphatic rings. The zero-order valence-electron chi connectivity index (χ0n) is 19.5. The number of nitrogens with one attached hydrogen (secondary N) is 2. The number of rotatable bonds is 8. The van der Waals surface area contributed by atoms with Gasteiger partial charge in [-0.15, -0.1) is 11.3 Å². The number of carbonyl (C=O) groups excluding carboxylic acids is 1. The number of carbonyl (C=O) groups is 1. The second-order valence-electron chi connectivity index (χ2n) is 7.30. The molecule has 1 amide bonds. The lowest BCUT2D eigenvalue weighted by atomic mass is 10.1. The summed E-state index contributed by atoms with van der Waals surface area (Å²) in [5.74, 6) is 1.54. The molecule has 1 aromatic carbocycles. The highest BCUT2D eigenvalue weighted by Crippen LogP contribution is 2.38. The van der Waals surface area contributed by atoms with Gasteiger partial charge < -0.3 is 19.5 Å². The number of aromatic amines is 1. The molecule has 35 heavy (non-hydrogen) atoms. The number of anilines is 1. The third-order valence-corrected chi connectivity index (χ3v) is 5.80. The minimum absolute atomic E-state index is 0.196. The molecule has 4 rings (SSSR count). The van der Waals surface area contributed by atoms with Gasteiger partial charge in [0.25, 0.3) is 5.56 Å². The zero-order chi connectivity index (χ0) is 24.9. The van der Waals surface area contributed by atoms with Gasteiger partial charge >= 0.3 is 0 Å². The Morgan fingerprint density at radius 2 is 1.86 bits per heavy atom. The number of aryl methyl sites for hydroxylation is 1. The van der Waals surface area contributed by atoms with Crippen LogP contribution in [0.3, 0.4) is 0 Å². The lowest BCUT2D eigenvalue weighted by molar-refractivity contribution is -0.111. The number of nitrogens with zero attached hydrogens (tertiary/aromatic N) is 3. The number of amides is 1.